The fourth-order valence-electron chi connectivity index (χ4n) is 0.985. The van der Waals surface area contributed by atoms with Crippen LogP contribution in [0.25, 0.3) is 0 Å². The number of anilines is 1. The van der Waals surface area contributed by atoms with Crippen molar-refractivity contribution < 1.29 is 5.11 Å². The lowest BCUT2D eigenvalue weighted by Crippen LogP contribution is -2.36. The first-order chi connectivity index (χ1) is 5.56. The first kappa shape index (κ1) is 9.03. The number of aliphatic hydroxyl groups is 1. The molecule has 1 rings (SSSR count). The number of nitrogens with two attached hydrogens (primary N) is 2. The van der Waals surface area contributed by atoms with Gasteiger partial charge < -0.3 is 16.6 Å². The van der Waals surface area contributed by atoms with Crippen LogP contribution in [-0.2, 0) is 5.54 Å². The third-order valence-corrected chi connectivity index (χ3v) is 1.87. The molecule has 1 aromatic rings. The Bertz CT molecular complexity index is 271. The average molecular weight is 166 g/mol. The zero-order chi connectivity index (χ0) is 9.19. The van der Waals surface area contributed by atoms with Crippen molar-refractivity contribution in [3.8, 4) is 0 Å². The van der Waals surface area contributed by atoms with Crippen molar-refractivity contribution >= 4 is 5.69 Å². The van der Waals surface area contributed by atoms with Crippen LogP contribution in [-0.4, -0.2) is 11.7 Å². The summed E-state index contributed by atoms with van der Waals surface area (Å²) >= 11 is 0. The zero-order valence-corrected chi connectivity index (χ0v) is 7.12. The molecule has 0 heterocycles. The Labute approximate surface area is 72.0 Å². The van der Waals surface area contributed by atoms with Gasteiger partial charge in [0.05, 0.1) is 12.1 Å². The number of nitrogen functional groups attached to an aromatic ring is 1. The van der Waals surface area contributed by atoms with E-state index in [-0.39, 0.29) is 6.61 Å². The highest BCUT2D eigenvalue weighted by atomic mass is 16.3. The first-order valence-corrected chi connectivity index (χ1v) is 3.82. The quantitative estimate of drug-likeness (QED) is 0.558. The zero-order valence-electron chi connectivity index (χ0n) is 7.12. The van der Waals surface area contributed by atoms with Crippen molar-refractivity contribution in [2.24, 2.45) is 5.73 Å². The molecule has 0 aliphatic carbocycles. The standard InChI is InChI=1S/C9H14N2O/c1-9(11,6-12)7-3-2-4-8(10)5-7/h2-5,12H,6,10-11H2,1H3. The van der Waals surface area contributed by atoms with Gasteiger partial charge >= 0.3 is 0 Å². The number of aliphatic hydroxyl groups excluding tert-OH is 1. The lowest BCUT2D eigenvalue weighted by molar-refractivity contribution is 0.210. The van der Waals surface area contributed by atoms with Gasteiger partial charge in [-0.3, -0.25) is 0 Å². The fourth-order valence-corrected chi connectivity index (χ4v) is 0.985. The number of benzene rings is 1. The molecule has 0 aliphatic rings. The summed E-state index contributed by atoms with van der Waals surface area (Å²) in [6.45, 7) is 1.68. The lowest BCUT2D eigenvalue weighted by Gasteiger charge is -2.22. The molecule has 0 amide bonds. The summed E-state index contributed by atoms with van der Waals surface area (Å²) in [5.41, 5.74) is 12.2. The van der Waals surface area contributed by atoms with E-state index in [2.05, 4.69) is 0 Å². The minimum Gasteiger partial charge on any atom is -0.399 e. The van der Waals surface area contributed by atoms with Crippen LogP contribution in [0.5, 0.6) is 0 Å². The van der Waals surface area contributed by atoms with E-state index in [1.165, 1.54) is 0 Å². The highest BCUT2D eigenvalue weighted by Crippen LogP contribution is 2.18. The summed E-state index contributed by atoms with van der Waals surface area (Å²) in [5.74, 6) is 0. The Morgan fingerprint density at radius 1 is 1.50 bits per heavy atom. The molecule has 5 N–H and O–H groups in total. The van der Waals surface area contributed by atoms with Gasteiger partial charge in [-0.15, -0.1) is 0 Å². The number of hydrogen-bond donors (Lipinski definition) is 3. The summed E-state index contributed by atoms with van der Waals surface area (Å²) < 4.78 is 0. The topological polar surface area (TPSA) is 72.3 Å². The van der Waals surface area contributed by atoms with Crippen LogP contribution in [0.1, 0.15) is 12.5 Å². The maximum absolute atomic E-state index is 8.97. The Morgan fingerprint density at radius 3 is 2.67 bits per heavy atom. The third-order valence-electron chi connectivity index (χ3n) is 1.87. The summed E-state index contributed by atoms with van der Waals surface area (Å²) in [6.07, 6.45) is 0. The smallest absolute Gasteiger partial charge is 0.0650 e. The van der Waals surface area contributed by atoms with Gasteiger partial charge in [-0.05, 0) is 24.6 Å². The van der Waals surface area contributed by atoms with Gasteiger partial charge in [0.2, 0.25) is 0 Å². The van der Waals surface area contributed by atoms with E-state index in [0.29, 0.717) is 5.69 Å². The average Bonchev–Trinajstić information content (AvgIpc) is 2.05. The molecule has 3 heteroatoms. The van der Waals surface area contributed by atoms with Gasteiger partial charge in [-0.25, -0.2) is 0 Å². The van der Waals surface area contributed by atoms with E-state index < -0.39 is 5.54 Å². The summed E-state index contributed by atoms with van der Waals surface area (Å²) in [7, 11) is 0. The largest absolute Gasteiger partial charge is 0.399 e. The first-order valence-electron chi connectivity index (χ1n) is 3.82. The van der Waals surface area contributed by atoms with E-state index in [1.807, 2.05) is 12.1 Å². The molecule has 0 fully saturated rings. The number of rotatable bonds is 2. The third kappa shape index (κ3) is 1.75. The molecule has 0 saturated carbocycles. The maximum Gasteiger partial charge on any atom is 0.0650 e. The molecule has 0 saturated heterocycles. The van der Waals surface area contributed by atoms with Crippen LogP contribution in [0, 0.1) is 0 Å². The van der Waals surface area contributed by atoms with Crippen LogP contribution < -0.4 is 11.5 Å². The van der Waals surface area contributed by atoms with Gasteiger partial charge in [-0.1, -0.05) is 12.1 Å². The molecule has 3 nitrogen and oxygen atoms in total. The number of hydrogen-bond acceptors (Lipinski definition) is 3. The molecule has 1 unspecified atom stereocenters. The molecule has 66 valence electrons. The molecule has 0 radical (unpaired) electrons. The van der Waals surface area contributed by atoms with Crippen LogP contribution in [0.4, 0.5) is 5.69 Å². The van der Waals surface area contributed by atoms with Gasteiger partial charge in [-0.2, -0.15) is 0 Å². The molecule has 0 spiro atoms. The van der Waals surface area contributed by atoms with Gasteiger partial charge in [0.1, 0.15) is 0 Å². The van der Waals surface area contributed by atoms with Gasteiger partial charge in [0, 0.05) is 5.69 Å². The molecule has 1 aromatic carbocycles. The summed E-state index contributed by atoms with van der Waals surface area (Å²) in [5, 5.41) is 8.97. The Kier molecular flexibility index (Phi) is 2.35. The van der Waals surface area contributed by atoms with Crippen LogP contribution in [0.3, 0.4) is 0 Å². The molecular formula is C9H14N2O. The highest BCUT2D eigenvalue weighted by molar-refractivity contribution is 5.42. The SMILES string of the molecule is CC(N)(CO)c1cccc(N)c1. The molecular weight excluding hydrogens is 152 g/mol. The van der Waals surface area contributed by atoms with E-state index in [1.54, 1.807) is 19.1 Å². The van der Waals surface area contributed by atoms with Crippen molar-refractivity contribution in [3.63, 3.8) is 0 Å². The Hall–Kier alpha value is -1.06. The maximum atomic E-state index is 8.97. The van der Waals surface area contributed by atoms with E-state index in [9.17, 15) is 0 Å². The van der Waals surface area contributed by atoms with Crippen molar-refractivity contribution in [2.75, 3.05) is 12.3 Å². The minimum atomic E-state index is -0.699. The monoisotopic (exact) mass is 166 g/mol. The lowest BCUT2D eigenvalue weighted by atomic mass is 9.94. The van der Waals surface area contributed by atoms with Crippen molar-refractivity contribution in [2.45, 2.75) is 12.5 Å². The van der Waals surface area contributed by atoms with Crippen LogP contribution in [0.15, 0.2) is 24.3 Å². The second-order valence-corrected chi connectivity index (χ2v) is 3.20. The van der Waals surface area contributed by atoms with Crippen molar-refractivity contribution in [1.82, 2.24) is 0 Å². The van der Waals surface area contributed by atoms with Crippen molar-refractivity contribution in [1.29, 1.82) is 0 Å². The second-order valence-electron chi connectivity index (χ2n) is 3.20. The van der Waals surface area contributed by atoms with E-state index in [4.69, 9.17) is 16.6 Å². The van der Waals surface area contributed by atoms with Crippen LogP contribution in [0.2, 0.25) is 0 Å². The summed E-state index contributed by atoms with van der Waals surface area (Å²) in [6, 6.07) is 7.24. The van der Waals surface area contributed by atoms with E-state index in [0.717, 1.165) is 5.56 Å². The van der Waals surface area contributed by atoms with Gasteiger partial charge in [0.25, 0.3) is 0 Å². The highest BCUT2D eigenvalue weighted by Gasteiger charge is 2.19. The van der Waals surface area contributed by atoms with Crippen molar-refractivity contribution in [3.05, 3.63) is 29.8 Å². The predicted molar refractivity (Wildman–Crippen MR) is 49.5 cm³/mol. The van der Waals surface area contributed by atoms with E-state index >= 15 is 0 Å². The predicted octanol–water partition coefficient (Wildman–Crippen LogP) is 0.435. The second kappa shape index (κ2) is 3.13. The molecule has 12 heavy (non-hydrogen) atoms. The molecule has 0 aromatic heterocycles. The Balaban J connectivity index is 3.03. The molecule has 0 bridgehead atoms. The van der Waals surface area contributed by atoms with Gasteiger partial charge in [0.15, 0.2) is 0 Å². The summed E-state index contributed by atoms with van der Waals surface area (Å²) in [4.78, 5) is 0. The Morgan fingerprint density at radius 2 is 2.17 bits per heavy atom. The minimum absolute atomic E-state index is 0.0869. The molecule has 0 aliphatic heterocycles. The van der Waals surface area contributed by atoms with Crippen LogP contribution >= 0.6 is 0 Å². The normalized spacial score (nSPS) is 15.6. The molecule has 1 atom stereocenters. The fraction of sp³-hybridized carbons (Fsp3) is 0.333.